The molecule has 1 heterocycles. The second-order valence-corrected chi connectivity index (χ2v) is 5.40. The fourth-order valence-electron chi connectivity index (χ4n) is 1.78. The summed E-state index contributed by atoms with van der Waals surface area (Å²) in [5, 5.41) is 7.45. The van der Waals surface area contributed by atoms with Crippen LogP contribution in [0.25, 0.3) is 0 Å². The minimum absolute atomic E-state index is 0.663. The van der Waals surface area contributed by atoms with Gasteiger partial charge in [0.15, 0.2) is 5.76 Å². The van der Waals surface area contributed by atoms with E-state index in [1.807, 2.05) is 0 Å². The Morgan fingerprint density at radius 3 is 2.89 bits per heavy atom. The molecule has 104 valence electrons. The van der Waals surface area contributed by atoms with Crippen LogP contribution >= 0.6 is 0 Å². The fourth-order valence-corrected chi connectivity index (χ4v) is 1.78. The number of aromatic nitrogens is 1. The van der Waals surface area contributed by atoms with E-state index in [9.17, 15) is 0 Å². The molecule has 0 aliphatic heterocycles. The van der Waals surface area contributed by atoms with Crippen LogP contribution in [0.3, 0.4) is 0 Å². The molecular formula is C14H27N3O. The molecule has 1 aromatic rings. The van der Waals surface area contributed by atoms with Gasteiger partial charge < -0.3 is 9.84 Å². The lowest BCUT2D eigenvalue weighted by molar-refractivity contribution is 0.268. The van der Waals surface area contributed by atoms with Gasteiger partial charge in [-0.05, 0) is 32.5 Å². The molecular weight excluding hydrogens is 226 g/mol. The van der Waals surface area contributed by atoms with Crippen molar-refractivity contribution in [3.05, 3.63) is 17.5 Å². The molecule has 0 saturated carbocycles. The number of hydrogen-bond acceptors (Lipinski definition) is 4. The van der Waals surface area contributed by atoms with Crippen LogP contribution in [0.15, 0.2) is 10.6 Å². The van der Waals surface area contributed by atoms with Gasteiger partial charge in [0.05, 0.1) is 12.2 Å². The van der Waals surface area contributed by atoms with Gasteiger partial charge in [0.1, 0.15) is 0 Å². The molecule has 4 nitrogen and oxygen atoms in total. The monoisotopic (exact) mass is 253 g/mol. The lowest BCUT2D eigenvalue weighted by atomic mass is 10.2. The van der Waals surface area contributed by atoms with Gasteiger partial charge in [0.25, 0.3) is 0 Å². The Bertz CT molecular complexity index is 323. The van der Waals surface area contributed by atoms with Crippen molar-refractivity contribution in [2.24, 2.45) is 5.92 Å². The molecule has 0 fully saturated rings. The van der Waals surface area contributed by atoms with E-state index in [0.717, 1.165) is 37.6 Å². The third-order valence-electron chi connectivity index (χ3n) is 2.79. The van der Waals surface area contributed by atoms with E-state index in [1.165, 1.54) is 12.8 Å². The van der Waals surface area contributed by atoms with Crippen molar-refractivity contribution in [3.8, 4) is 0 Å². The van der Waals surface area contributed by atoms with Crippen LogP contribution < -0.4 is 5.32 Å². The Balaban J connectivity index is 2.29. The highest BCUT2D eigenvalue weighted by Gasteiger charge is 2.07. The summed E-state index contributed by atoms with van der Waals surface area (Å²) in [6.45, 7) is 10.4. The van der Waals surface area contributed by atoms with E-state index in [4.69, 9.17) is 4.52 Å². The first-order valence-corrected chi connectivity index (χ1v) is 6.95. The first-order chi connectivity index (χ1) is 8.61. The molecule has 0 unspecified atom stereocenters. The summed E-state index contributed by atoms with van der Waals surface area (Å²) in [7, 11) is 2.12. The van der Waals surface area contributed by atoms with Crippen LogP contribution in [0.1, 0.15) is 45.1 Å². The van der Waals surface area contributed by atoms with Crippen molar-refractivity contribution in [1.29, 1.82) is 0 Å². The third-order valence-corrected chi connectivity index (χ3v) is 2.79. The smallest absolute Gasteiger partial charge is 0.151 e. The molecule has 0 spiro atoms. The lowest BCUT2D eigenvalue weighted by Crippen LogP contribution is -2.19. The van der Waals surface area contributed by atoms with Crippen LogP contribution in [0.4, 0.5) is 0 Å². The molecule has 1 rings (SSSR count). The van der Waals surface area contributed by atoms with Gasteiger partial charge in [-0.2, -0.15) is 0 Å². The minimum atomic E-state index is 0.663. The van der Waals surface area contributed by atoms with Crippen molar-refractivity contribution in [3.63, 3.8) is 0 Å². The zero-order valence-corrected chi connectivity index (χ0v) is 12.2. The SMILES string of the molecule is CCCCN(C)Cc1cc(CNCC(C)C)no1. The quantitative estimate of drug-likeness (QED) is 0.734. The summed E-state index contributed by atoms with van der Waals surface area (Å²) in [4.78, 5) is 2.27. The summed E-state index contributed by atoms with van der Waals surface area (Å²) >= 11 is 0. The summed E-state index contributed by atoms with van der Waals surface area (Å²) in [6.07, 6.45) is 2.46. The van der Waals surface area contributed by atoms with Gasteiger partial charge in [-0.1, -0.05) is 32.3 Å². The third kappa shape index (κ3) is 6.17. The first-order valence-electron chi connectivity index (χ1n) is 6.95. The normalized spacial score (nSPS) is 11.7. The van der Waals surface area contributed by atoms with Gasteiger partial charge in [0.2, 0.25) is 0 Å². The molecule has 1 aromatic heterocycles. The van der Waals surface area contributed by atoms with Gasteiger partial charge in [-0.25, -0.2) is 0 Å². The Morgan fingerprint density at radius 2 is 2.22 bits per heavy atom. The maximum atomic E-state index is 5.34. The molecule has 0 aliphatic carbocycles. The Labute approximate surface area is 111 Å². The maximum Gasteiger partial charge on any atom is 0.151 e. The number of unbranched alkanes of at least 4 members (excludes halogenated alkanes) is 1. The molecule has 0 amide bonds. The number of rotatable bonds is 9. The molecule has 0 radical (unpaired) electrons. The topological polar surface area (TPSA) is 41.3 Å². The number of nitrogens with one attached hydrogen (secondary N) is 1. The van der Waals surface area contributed by atoms with E-state index >= 15 is 0 Å². The molecule has 4 heteroatoms. The van der Waals surface area contributed by atoms with E-state index in [0.29, 0.717) is 5.92 Å². The highest BCUT2D eigenvalue weighted by Crippen LogP contribution is 2.07. The Hall–Kier alpha value is -0.870. The highest BCUT2D eigenvalue weighted by molar-refractivity contribution is 5.04. The second kappa shape index (κ2) is 8.27. The molecule has 1 N–H and O–H groups in total. The average molecular weight is 253 g/mol. The van der Waals surface area contributed by atoms with Crippen LogP contribution in [-0.2, 0) is 13.1 Å². The zero-order valence-electron chi connectivity index (χ0n) is 12.2. The van der Waals surface area contributed by atoms with Gasteiger partial charge in [-0.3, -0.25) is 4.90 Å². The van der Waals surface area contributed by atoms with Crippen molar-refractivity contribution in [1.82, 2.24) is 15.4 Å². The molecule has 0 aromatic carbocycles. The van der Waals surface area contributed by atoms with E-state index in [2.05, 4.69) is 49.3 Å². The lowest BCUT2D eigenvalue weighted by Gasteiger charge is -2.13. The standard InChI is InChI=1S/C14H27N3O/c1-5-6-7-17(4)11-14-8-13(16-18-14)10-15-9-12(2)3/h8,12,15H,5-7,9-11H2,1-4H3. The molecule has 0 bridgehead atoms. The van der Waals surface area contributed by atoms with Crippen molar-refractivity contribution in [2.45, 2.75) is 46.7 Å². The molecule has 0 atom stereocenters. The van der Waals surface area contributed by atoms with Crippen LogP contribution in [0, 0.1) is 5.92 Å². The van der Waals surface area contributed by atoms with Crippen molar-refractivity contribution >= 4 is 0 Å². The largest absolute Gasteiger partial charge is 0.360 e. The summed E-state index contributed by atoms with van der Waals surface area (Å²) in [5.74, 6) is 1.62. The number of nitrogens with zero attached hydrogens (tertiary/aromatic N) is 2. The second-order valence-electron chi connectivity index (χ2n) is 5.40. The predicted octanol–water partition coefficient (Wildman–Crippen LogP) is 2.65. The van der Waals surface area contributed by atoms with Crippen LogP contribution in [0.5, 0.6) is 0 Å². The fraction of sp³-hybridized carbons (Fsp3) is 0.786. The van der Waals surface area contributed by atoms with Crippen LogP contribution in [-0.4, -0.2) is 30.2 Å². The van der Waals surface area contributed by atoms with Gasteiger partial charge >= 0.3 is 0 Å². The number of hydrogen-bond donors (Lipinski definition) is 1. The first kappa shape index (κ1) is 15.2. The van der Waals surface area contributed by atoms with E-state index in [-0.39, 0.29) is 0 Å². The summed E-state index contributed by atoms with van der Waals surface area (Å²) in [5.41, 5.74) is 0.995. The zero-order chi connectivity index (χ0) is 13.4. The average Bonchev–Trinajstić information content (AvgIpc) is 2.73. The summed E-state index contributed by atoms with van der Waals surface area (Å²) < 4.78 is 5.34. The van der Waals surface area contributed by atoms with Crippen molar-refractivity contribution in [2.75, 3.05) is 20.1 Å². The van der Waals surface area contributed by atoms with E-state index in [1.54, 1.807) is 0 Å². The van der Waals surface area contributed by atoms with E-state index < -0.39 is 0 Å². The Morgan fingerprint density at radius 1 is 1.44 bits per heavy atom. The predicted molar refractivity (Wildman–Crippen MR) is 74.3 cm³/mol. The van der Waals surface area contributed by atoms with Gasteiger partial charge in [-0.15, -0.1) is 0 Å². The summed E-state index contributed by atoms with van der Waals surface area (Å²) in [6, 6.07) is 2.05. The van der Waals surface area contributed by atoms with Crippen LogP contribution in [0.2, 0.25) is 0 Å². The maximum absolute atomic E-state index is 5.34. The highest BCUT2D eigenvalue weighted by atomic mass is 16.5. The van der Waals surface area contributed by atoms with Crippen molar-refractivity contribution < 1.29 is 4.52 Å². The molecule has 18 heavy (non-hydrogen) atoms. The molecule has 0 aliphatic rings. The van der Waals surface area contributed by atoms with Gasteiger partial charge in [0, 0.05) is 12.6 Å². The minimum Gasteiger partial charge on any atom is -0.360 e. The Kier molecular flexibility index (Phi) is 6.98. The molecule has 0 saturated heterocycles.